The minimum absolute atomic E-state index is 0.157. The molecule has 0 saturated carbocycles. The summed E-state index contributed by atoms with van der Waals surface area (Å²) in [6, 6.07) is 10.4. The second-order valence-corrected chi connectivity index (χ2v) is 4.73. The Hall–Kier alpha value is -0.860. The minimum atomic E-state index is -0.328. The van der Waals surface area contributed by atoms with Crippen LogP contribution in [0.3, 0.4) is 0 Å². The van der Waals surface area contributed by atoms with Crippen LogP contribution in [0.2, 0.25) is 0 Å². The molecule has 1 aromatic carbocycles. The van der Waals surface area contributed by atoms with Crippen LogP contribution in [0.25, 0.3) is 0 Å². The van der Waals surface area contributed by atoms with Crippen LogP contribution in [0, 0.1) is 0 Å². The van der Waals surface area contributed by atoms with Gasteiger partial charge in [0.05, 0.1) is 6.10 Å². The van der Waals surface area contributed by atoms with Gasteiger partial charge in [0.25, 0.3) is 0 Å². The van der Waals surface area contributed by atoms with E-state index in [1.165, 1.54) is 5.56 Å². The van der Waals surface area contributed by atoms with Crippen molar-refractivity contribution in [3.8, 4) is 0 Å². The zero-order valence-electron chi connectivity index (χ0n) is 10.8. The fourth-order valence-corrected chi connectivity index (χ4v) is 1.92. The predicted molar refractivity (Wildman–Crippen MR) is 68.3 cm³/mol. The van der Waals surface area contributed by atoms with Gasteiger partial charge in [0.2, 0.25) is 0 Å². The summed E-state index contributed by atoms with van der Waals surface area (Å²) in [5.74, 6) is 0. The van der Waals surface area contributed by atoms with E-state index in [1.807, 2.05) is 13.0 Å². The van der Waals surface area contributed by atoms with E-state index in [-0.39, 0.29) is 11.6 Å². The van der Waals surface area contributed by atoms with Crippen LogP contribution in [0.15, 0.2) is 30.3 Å². The van der Waals surface area contributed by atoms with Gasteiger partial charge in [-0.3, -0.25) is 4.90 Å². The fourth-order valence-electron chi connectivity index (χ4n) is 1.92. The number of aliphatic hydroxyl groups is 1. The molecule has 0 aliphatic heterocycles. The molecule has 1 aromatic rings. The summed E-state index contributed by atoms with van der Waals surface area (Å²) in [6.45, 7) is 6.97. The van der Waals surface area contributed by atoms with Crippen molar-refractivity contribution in [2.75, 3.05) is 7.05 Å². The molecule has 0 saturated heterocycles. The number of hydrogen-bond donors (Lipinski definition) is 1. The van der Waals surface area contributed by atoms with Crippen LogP contribution in [0.1, 0.15) is 32.8 Å². The van der Waals surface area contributed by atoms with E-state index in [0.29, 0.717) is 0 Å². The summed E-state index contributed by atoms with van der Waals surface area (Å²) in [5.41, 5.74) is 1.13. The van der Waals surface area contributed by atoms with Crippen molar-refractivity contribution in [1.29, 1.82) is 0 Å². The van der Waals surface area contributed by atoms with Gasteiger partial charge in [-0.1, -0.05) is 37.3 Å². The lowest BCUT2D eigenvalue weighted by molar-refractivity contribution is -0.00411. The highest BCUT2D eigenvalue weighted by Gasteiger charge is 2.32. The van der Waals surface area contributed by atoms with Gasteiger partial charge >= 0.3 is 0 Å². The summed E-state index contributed by atoms with van der Waals surface area (Å²) in [4.78, 5) is 2.23. The molecular weight excluding hydrogens is 198 g/mol. The Morgan fingerprint density at radius 2 is 1.88 bits per heavy atom. The number of likely N-dealkylation sites (N-methyl/N-ethyl adjacent to an activating group) is 1. The second kappa shape index (κ2) is 5.46. The van der Waals surface area contributed by atoms with Gasteiger partial charge in [-0.05, 0) is 32.9 Å². The van der Waals surface area contributed by atoms with E-state index in [0.717, 1.165) is 13.0 Å². The lowest BCUT2D eigenvalue weighted by Gasteiger charge is -2.40. The highest BCUT2D eigenvalue weighted by atomic mass is 16.3. The standard InChI is InChI=1S/C14H23NO/c1-5-14(3,12(2)16)15(4)11-13-9-7-6-8-10-13/h6-10,12,16H,5,11H2,1-4H3. The van der Waals surface area contributed by atoms with E-state index in [4.69, 9.17) is 0 Å². The molecule has 0 bridgehead atoms. The molecule has 0 heterocycles. The van der Waals surface area contributed by atoms with Gasteiger partial charge < -0.3 is 5.11 Å². The molecule has 2 nitrogen and oxygen atoms in total. The molecule has 0 spiro atoms. The Morgan fingerprint density at radius 3 is 2.31 bits per heavy atom. The molecule has 0 aliphatic rings. The Morgan fingerprint density at radius 1 is 1.31 bits per heavy atom. The van der Waals surface area contributed by atoms with Gasteiger partial charge in [-0.25, -0.2) is 0 Å². The molecule has 90 valence electrons. The number of benzene rings is 1. The average Bonchev–Trinajstić information content (AvgIpc) is 2.28. The highest BCUT2D eigenvalue weighted by Crippen LogP contribution is 2.24. The quantitative estimate of drug-likeness (QED) is 0.826. The average molecular weight is 221 g/mol. The largest absolute Gasteiger partial charge is 0.391 e. The van der Waals surface area contributed by atoms with Crippen molar-refractivity contribution in [2.24, 2.45) is 0 Å². The normalized spacial score (nSPS) is 17.1. The smallest absolute Gasteiger partial charge is 0.0692 e. The lowest BCUT2D eigenvalue weighted by atomic mass is 9.90. The number of hydrogen-bond acceptors (Lipinski definition) is 2. The molecular formula is C14H23NO. The molecule has 2 heteroatoms. The Labute approximate surface area is 98.9 Å². The van der Waals surface area contributed by atoms with Gasteiger partial charge in [-0.15, -0.1) is 0 Å². The molecule has 2 atom stereocenters. The van der Waals surface area contributed by atoms with Gasteiger partial charge in [0, 0.05) is 12.1 Å². The van der Waals surface area contributed by atoms with E-state index in [2.05, 4.69) is 50.1 Å². The van der Waals surface area contributed by atoms with Gasteiger partial charge in [-0.2, -0.15) is 0 Å². The van der Waals surface area contributed by atoms with E-state index in [1.54, 1.807) is 0 Å². The van der Waals surface area contributed by atoms with E-state index < -0.39 is 0 Å². The van der Waals surface area contributed by atoms with Crippen LogP contribution in [0.4, 0.5) is 0 Å². The van der Waals surface area contributed by atoms with Crippen LogP contribution in [0.5, 0.6) is 0 Å². The maximum atomic E-state index is 9.88. The topological polar surface area (TPSA) is 23.5 Å². The Balaban J connectivity index is 2.74. The fraction of sp³-hybridized carbons (Fsp3) is 0.571. The molecule has 16 heavy (non-hydrogen) atoms. The van der Waals surface area contributed by atoms with Crippen LogP contribution in [-0.2, 0) is 6.54 Å². The van der Waals surface area contributed by atoms with Crippen LogP contribution in [-0.4, -0.2) is 28.7 Å². The van der Waals surface area contributed by atoms with Crippen molar-refractivity contribution in [1.82, 2.24) is 4.90 Å². The van der Waals surface area contributed by atoms with Crippen LogP contribution < -0.4 is 0 Å². The maximum Gasteiger partial charge on any atom is 0.0692 e. The zero-order valence-corrected chi connectivity index (χ0v) is 10.8. The third-order valence-corrected chi connectivity index (χ3v) is 3.75. The summed E-state index contributed by atoms with van der Waals surface area (Å²) in [6.07, 6.45) is 0.611. The Bertz CT molecular complexity index is 310. The summed E-state index contributed by atoms with van der Waals surface area (Å²) < 4.78 is 0. The number of aliphatic hydroxyl groups excluding tert-OH is 1. The highest BCUT2D eigenvalue weighted by molar-refractivity contribution is 5.15. The Kier molecular flexibility index (Phi) is 4.51. The lowest BCUT2D eigenvalue weighted by Crippen LogP contribution is -2.50. The van der Waals surface area contributed by atoms with Crippen molar-refractivity contribution < 1.29 is 5.11 Å². The molecule has 0 radical (unpaired) electrons. The first kappa shape index (κ1) is 13.2. The molecule has 1 rings (SSSR count). The predicted octanol–water partition coefficient (Wildman–Crippen LogP) is 2.67. The summed E-state index contributed by atoms with van der Waals surface area (Å²) in [7, 11) is 2.07. The molecule has 2 unspecified atom stereocenters. The monoisotopic (exact) mass is 221 g/mol. The van der Waals surface area contributed by atoms with Crippen molar-refractivity contribution in [3.05, 3.63) is 35.9 Å². The van der Waals surface area contributed by atoms with Crippen LogP contribution >= 0.6 is 0 Å². The first-order valence-corrected chi connectivity index (χ1v) is 5.94. The van der Waals surface area contributed by atoms with Crippen molar-refractivity contribution >= 4 is 0 Å². The second-order valence-electron chi connectivity index (χ2n) is 4.73. The third-order valence-electron chi connectivity index (χ3n) is 3.75. The van der Waals surface area contributed by atoms with E-state index >= 15 is 0 Å². The maximum absolute atomic E-state index is 9.88. The molecule has 0 aliphatic carbocycles. The van der Waals surface area contributed by atoms with Gasteiger partial charge in [0.15, 0.2) is 0 Å². The summed E-state index contributed by atoms with van der Waals surface area (Å²) >= 11 is 0. The third kappa shape index (κ3) is 2.83. The molecule has 1 N–H and O–H groups in total. The SMILES string of the molecule is CCC(C)(C(C)O)N(C)Cc1ccccc1. The first-order chi connectivity index (χ1) is 7.50. The zero-order chi connectivity index (χ0) is 12.2. The molecule has 0 fully saturated rings. The number of rotatable bonds is 5. The van der Waals surface area contributed by atoms with Crippen molar-refractivity contribution in [2.45, 2.75) is 45.4 Å². The minimum Gasteiger partial charge on any atom is -0.391 e. The molecule has 0 amide bonds. The first-order valence-electron chi connectivity index (χ1n) is 5.94. The van der Waals surface area contributed by atoms with Gasteiger partial charge in [0.1, 0.15) is 0 Å². The number of nitrogens with zero attached hydrogens (tertiary/aromatic N) is 1. The van der Waals surface area contributed by atoms with Crippen molar-refractivity contribution in [3.63, 3.8) is 0 Å². The molecule has 0 aromatic heterocycles. The summed E-state index contributed by atoms with van der Waals surface area (Å²) in [5, 5.41) is 9.88. The van der Waals surface area contributed by atoms with E-state index in [9.17, 15) is 5.11 Å².